The molecule has 142 valence electrons. The Hall–Kier alpha value is -1.53. The molecular formula is C19H30O5S. The number of rotatable bonds is 15. The molecule has 5 nitrogen and oxygen atoms in total. The van der Waals surface area contributed by atoms with Gasteiger partial charge >= 0.3 is 0 Å². The fraction of sp³-hybridized carbons (Fsp3) is 0.579. The standard InChI is InChI=1S/C19H30O5S/c1-3-4-15-22-18-11-13-19(14-12-18)23-16-9-7-5-6-8-10-17-24-25(2,20)21/h3,11-14H,1,4-10,15-17H2,2H3. The first-order valence-electron chi connectivity index (χ1n) is 8.82. The highest BCUT2D eigenvalue weighted by Crippen LogP contribution is 2.18. The Kier molecular flexibility index (Phi) is 11.0. The number of hydrogen-bond acceptors (Lipinski definition) is 5. The van der Waals surface area contributed by atoms with Crippen molar-refractivity contribution in [3.05, 3.63) is 36.9 Å². The molecule has 0 fully saturated rings. The van der Waals surface area contributed by atoms with Crippen LogP contribution in [0.4, 0.5) is 0 Å². The molecule has 6 heteroatoms. The Morgan fingerprint density at radius 1 is 0.840 bits per heavy atom. The summed E-state index contributed by atoms with van der Waals surface area (Å²) in [4.78, 5) is 0. The van der Waals surface area contributed by atoms with Crippen molar-refractivity contribution in [3.63, 3.8) is 0 Å². The van der Waals surface area contributed by atoms with Gasteiger partial charge < -0.3 is 9.47 Å². The molecule has 0 amide bonds. The molecule has 1 aromatic carbocycles. The molecule has 1 aromatic rings. The smallest absolute Gasteiger partial charge is 0.264 e. The number of benzene rings is 1. The first kappa shape index (κ1) is 21.5. The SMILES string of the molecule is C=CCCOc1ccc(OCCCCCCCCOS(C)(=O)=O)cc1. The minimum absolute atomic E-state index is 0.287. The summed E-state index contributed by atoms with van der Waals surface area (Å²) in [5, 5.41) is 0. The lowest BCUT2D eigenvalue weighted by molar-refractivity contribution is 0.297. The van der Waals surface area contributed by atoms with Crippen LogP contribution < -0.4 is 9.47 Å². The predicted molar refractivity (Wildman–Crippen MR) is 101 cm³/mol. The highest BCUT2D eigenvalue weighted by Gasteiger charge is 2.00. The zero-order chi connectivity index (χ0) is 18.4. The van der Waals surface area contributed by atoms with Crippen LogP contribution in [-0.2, 0) is 14.3 Å². The summed E-state index contributed by atoms with van der Waals surface area (Å²) in [5.41, 5.74) is 0. The predicted octanol–water partition coefficient (Wildman–Crippen LogP) is 4.34. The van der Waals surface area contributed by atoms with E-state index in [4.69, 9.17) is 13.7 Å². The Bertz CT molecular complexity index is 566. The second-order valence-electron chi connectivity index (χ2n) is 5.89. The molecular weight excluding hydrogens is 340 g/mol. The average Bonchev–Trinajstić information content (AvgIpc) is 2.57. The Balaban J connectivity index is 1.98. The highest BCUT2D eigenvalue weighted by atomic mass is 32.2. The highest BCUT2D eigenvalue weighted by molar-refractivity contribution is 7.85. The van der Waals surface area contributed by atoms with Gasteiger partial charge in [-0.3, -0.25) is 4.18 Å². The molecule has 0 aliphatic heterocycles. The molecule has 0 saturated carbocycles. The maximum atomic E-state index is 10.8. The molecule has 0 N–H and O–H groups in total. The summed E-state index contributed by atoms with van der Waals surface area (Å²) in [6, 6.07) is 7.67. The molecule has 0 atom stereocenters. The normalized spacial score (nSPS) is 11.2. The van der Waals surface area contributed by atoms with Gasteiger partial charge in [0, 0.05) is 0 Å². The Morgan fingerprint density at radius 2 is 1.32 bits per heavy atom. The maximum absolute atomic E-state index is 10.8. The van der Waals surface area contributed by atoms with E-state index < -0.39 is 10.1 Å². The molecule has 0 radical (unpaired) electrons. The third kappa shape index (κ3) is 12.5. The second kappa shape index (κ2) is 12.8. The van der Waals surface area contributed by atoms with E-state index in [-0.39, 0.29) is 6.61 Å². The zero-order valence-corrected chi connectivity index (χ0v) is 15.9. The van der Waals surface area contributed by atoms with Crippen LogP contribution in [-0.4, -0.2) is 34.5 Å². The number of ether oxygens (including phenoxy) is 2. The van der Waals surface area contributed by atoms with E-state index >= 15 is 0 Å². The third-order valence-electron chi connectivity index (χ3n) is 3.52. The van der Waals surface area contributed by atoms with E-state index in [0.717, 1.165) is 62.7 Å². The van der Waals surface area contributed by atoms with Crippen LogP contribution in [0.5, 0.6) is 11.5 Å². The Labute approximate surface area is 152 Å². The second-order valence-corrected chi connectivity index (χ2v) is 7.54. The fourth-order valence-electron chi connectivity index (χ4n) is 2.20. The topological polar surface area (TPSA) is 61.8 Å². The number of hydrogen-bond donors (Lipinski definition) is 0. The molecule has 0 heterocycles. The van der Waals surface area contributed by atoms with Gasteiger partial charge in [-0.2, -0.15) is 8.42 Å². The summed E-state index contributed by atoms with van der Waals surface area (Å²) in [7, 11) is -3.29. The molecule has 0 aliphatic rings. The lowest BCUT2D eigenvalue weighted by atomic mass is 10.1. The maximum Gasteiger partial charge on any atom is 0.264 e. The van der Waals surface area contributed by atoms with Gasteiger partial charge in [-0.15, -0.1) is 6.58 Å². The minimum atomic E-state index is -3.29. The van der Waals surface area contributed by atoms with E-state index in [1.165, 1.54) is 0 Å². The van der Waals surface area contributed by atoms with Gasteiger partial charge in [0.1, 0.15) is 11.5 Å². The van der Waals surface area contributed by atoms with Gasteiger partial charge in [0.05, 0.1) is 26.1 Å². The lowest BCUT2D eigenvalue weighted by Gasteiger charge is -2.08. The quantitative estimate of drug-likeness (QED) is 0.261. The summed E-state index contributed by atoms with van der Waals surface area (Å²) in [5.74, 6) is 1.70. The van der Waals surface area contributed by atoms with E-state index in [1.54, 1.807) is 0 Å². The van der Waals surface area contributed by atoms with E-state index in [0.29, 0.717) is 13.2 Å². The first-order valence-corrected chi connectivity index (χ1v) is 10.6. The lowest BCUT2D eigenvalue weighted by Crippen LogP contribution is -2.03. The molecule has 0 unspecified atom stereocenters. The van der Waals surface area contributed by atoms with Crippen LogP contribution in [0.3, 0.4) is 0 Å². The van der Waals surface area contributed by atoms with Gasteiger partial charge in [0.25, 0.3) is 10.1 Å². The van der Waals surface area contributed by atoms with Gasteiger partial charge in [0.2, 0.25) is 0 Å². The van der Waals surface area contributed by atoms with Crippen molar-refractivity contribution in [2.24, 2.45) is 0 Å². The molecule has 0 aromatic heterocycles. The van der Waals surface area contributed by atoms with Crippen LogP contribution in [0.2, 0.25) is 0 Å². The number of unbranched alkanes of at least 4 members (excludes halogenated alkanes) is 5. The van der Waals surface area contributed by atoms with Crippen molar-refractivity contribution in [2.45, 2.75) is 44.9 Å². The van der Waals surface area contributed by atoms with Gasteiger partial charge in [-0.1, -0.05) is 31.8 Å². The molecule has 0 aliphatic carbocycles. The molecule has 0 spiro atoms. The zero-order valence-electron chi connectivity index (χ0n) is 15.1. The summed E-state index contributed by atoms with van der Waals surface area (Å²) < 4.78 is 37.5. The molecule has 25 heavy (non-hydrogen) atoms. The van der Waals surface area contributed by atoms with Crippen molar-refractivity contribution in [1.82, 2.24) is 0 Å². The van der Waals surface area contributed by atoms with Crippen LogP contribution in [0, 0.1) is 0 Å². The van der Waals surface area contributed by atoms with E-state index in [1.807, 2.05) is 30.3 Å². The van der Waals surface area contributed by atoms with Gasteiger partial charge in [-0.05, 0) is 43.5 Å². The summed E-state index contributed by atoms with van der Waals surface area (Å²) in [6.45, 7) is 5.29. The largest absolute Gasteiger partial charge is 0.494 e. The van der Waals surface area contributed by atoms with Crippen LogP contribution in [0.1, 0.15) is 44.9 Å². The van der Waals surface area contributed by atoms with Gasteiger partial charge in [-0.25, -0.2) is 0 Å². The molecule has 1 rings (SSSR count). The van der Waals surface area contributed by atoms with Crippen molar-refractivity contribution in [3.8, 4) is 11.5 Å². The van der Waals surface area contributed by atoms with E-state index in [2.05, 4.69) is 6.58 Å². The van der Waals surface area contributed by atoms with Crippen LogP contribution in [0.25, 0.3) is 0 Å². The summed E-state index contributed by atoms with van der Waals surface area (Å²) in [6.07, 6.45) is 9.85. The van der Waals surface area contributed by atoms with Crippen molar-refractivity contribution in [2.75, 3.05) is 26.1 Å². The van der Waals surface area contributed by atoms with Crippen molar-refractivity contribution >= 4 is 10.1 Å². The van der Waals surface area contributed by atoms with E-state index in [9.17, 15) is 8.42 Å². The molecule has 0 saturated heterocycles. The fourth-order valence-corrected chi connectivity index (χ4v) is 2.62. The summed E-state index contributed by atoms with van der Waals surface area (Å²) >= 11 is 0. The van der Waals surface area contributed by atoms with Crippen molar-refractivity contribution < 1.29 is 22.1 Å². The van der Waals surface area contributed by atoms with Crippen LogP contribution in [0.15, 0.2) is 36.9 Å². The first-order chi connectivity index (χ1) is 12.0. The average molecular weight is 371 g/mol. The minimum Gasteiger partial charge on any atom is -0.494 e. The third-order valence-corrected chi connectivity index (χ3v) is 4.11. The monoisotopic (exact) mass is 370 g/mol. The molecule has 0 bridgehead atoms. The van der Waals surface area contributed by atoms with Gasteiger partial charge in [0.15, 0.2) is 0 Å². The Morgan fingerprint density at radius 3 is 1.84 bits per heavy atom. The van der Waals surface area contributed by atoms with Crippen LogP contribution >= 0.6 is 0 Å². The van der Waals surface area contributed by atoms with Crippen molar-refractivity contribution in [1.29, 1.82) is 0 Å².